The van der Waals surface area contributed by atoms with Crippen LogP contribution in [-0.4, -0.2) is 51.2 Å². The molecule has 0 saturated carbocycles. The molecule has 0 spiro atoms. The molecule has 2 atom stereocenters. The standard InChI is InChI=1S/C21H42O5/c1-5-19(22-17-20-18-23-20)15-13-11-9-10-12-14-16-21(24-6-2,25-7-3)26-8-4/h19-20H,5-18H2,1-4H3. The van der Waals surface area contributed by atoms with Crippen molar-refractivity contribution in [3.63, 3.8) is 0 Å². The van der Waals surface area contributed by atoms with Gasteiger partial charge in [-0.05, 0) is 40.0 Å². The normalized spacial score (nSPS) is 18.2. The maximum Gasteiger partial charge on any atom is 0.282 e. The van der Waals surface area contributed by atoms with E-state index in [0.717, 1.165) is 32.5 Å². The van der Waals surface area contributed by atoms with Crippen molar-refractivity contribution in [2.24, 2.45) is 0 Å². The number of hydrogen-bond donors (Lipinski definition) is 0. The zero-order chi connectivity index (χ0) is 19.1. The number of rotatable bonds is 19. The Morgan fingerprint density at radius 1 is 0.846 bits per heavy atom. The molecule has 156 valence electrons. The molecule has 1 aliphatic heterocycles. The summed E-state index contributed by atoms with van der Waals surface area (Å²) >= 11 is 0. The van der Waals surface area contributed by atoms with Gasteiger partial charge in [-0.3, -0.25) is 0 Å². The minimum absolute atomic E-state index is 0.376. The second-order valence-electron chi connectivity index (χ2n) is 6.96. The van der Waals surface area contributed by atoms with Gasteiger partial charge < -0.3 is 23.7 Å². The van der Waals surface area contributed by atoms with Gasteiger partial charge in [0, 0.05) is 26.2 Å². The van der Waals surface area contributed by atoms with E-state index >= 15 is 0 Å². The molecule has 2 unspecified atom stereocenters. The van der Waals surface area contributed by atoms with Crippen LogP contribution in [0, 0.1) is 0 Å². The van der Waals surface area contributed by atoms with E-state index in [9.17, 15) is 0 Å². The molecule has 0 N–H and O–H groups in total. The van der Waals surface area contributed by atoms with Gasteiger partial charge in [-0.2, -0.15) is 0 Å². The first kappa shape index (κ1) is 23.8. The van der Waals surface area contributed by atoms with Crippen molar-refractivity contribution < 1.29 is 23.7 Å². The van der Waals surface area contributed by atoms with E-state index in [0.29, 0.717) is 32.0 Å². The quantitative estimate of drug-likeness (QED) is 0.180. The first-order chi connectivity index (χ1) is 12.7. The minimum atomic E-state index is -0.838. The zero-order valence-electron chi connectivity index (χ0n) is 17.6. The largest absolute Gasteiger partial charge is 0.375 e. The molecule has 0 aliphatic carbocycles. The predicted molar refractivity (Wildman–Crippen MR) is 104 cm³/mol. The molecule has 0 amide bonds. The Morgan fingerprint density at radius 3 is 1.88 bits per heavy atom. The molecular formula is C21H42O5. The lowest BCUT2D eigenvalue weighted by Gasteiger charge is -2.32. The van der Waals surface area contributed by atoms with E-state index < -0.39 is 5.97 Å². The third kappa shape index (κ3) is 10.8. The summed E-state index contributed by atoms with van der Waals surface area (Å²) in [6.07, 6.45) is 11.2. The van der Waals surface area contributed by atoms with Crippen LogP contribution in [0.25, 0.3) is 0 Å². The Morgan fingerprint density at radius 2 is 1.38 bits per heavy atom. The summed E-state index contributed by atoms with van der Waals surface area (Å²) in [4.78, 5) is 0. The number of hydrogen-bond acceptors (Lipinski definition) is 5. The van der Waals surface area contributed by atoms with Crippen LogP contribution in [0.1, 0.15) is 85.5 Å². The lowest BCUT2D eigenvalue weighted by atomic mass is 10.0. The summed E-state index contributed by atoms with van der Waals surface area (Å²) in [6.45, 7) is 11.6. The molecule has 0 aromatic heterocycles. The first-order valence-electron chi connectivity index (χ1n) is 10.8. The zero-order valence-corrected chi connectivity index (χ0v) is 17.6. The fourth-order valence-corrected chi connectivity index (χ4v) is 3.23. The van der Waals surface area contributed by atoms with E-state index in [-0.39, 0.29) is 0 Å². The Balaban J connectivity index is 2.05. The molecule has 0 radical (unpaired) electrons. The highest BCUT2D eigenvalue weighted by molar-refractivity contribution is 4.69. The van der Waals surface area contributed by atoms with Crippen LogP contribution >= 0.6 is 0 Å². The van der Waals surface area contributed by atoms with Crippen molar-refractivity contribution in [2.75, 3.05) is 33.0 Å². The maximum absolute atomic E-state index is 5.90. The molecule has 0 aromatic rings. The molecule has 0 bridgehead atoms. The topological polar surface area (TPSA) is 49.5 Å². The van der Waals surface area contributed by atoms with E-state index in [1.54, 1.807) is 0 Å². The van der Waals surface area contributed by atoms with Crippen LogP contribution < -0.4 is 0 Å². The SMILES string of the molecule is CCOC(CCCCCCCCC(CC)OCC1CO1)(OCC)OCC. The third-order valence-corrected chi connectivity index (χ3v) is 4.73. The molecule has 1 fully saturated rings. The van der Waals surface area contributed by atoms with Crippen LogP contribution in [-0.2, 0) is 23.7 Å². The molecular weight excluding hydrogens is 332 g/mol. The molecule has 1 rings (SSSR count). The lowest BCUT2D eigenvalue weighted by molar-refractivity contribution is -0.380. The molecule has 26 heavy (non-hydrogen) atoms. The van der Waals surface area contributed by atoms with E-state index in [1.165, 1.54) is 38.5 Å². The van der Waals surface area contributed by atoms with Crippen LogP contribution in [0.2, 0.25) is 0 Å². The summed E-state index contributed by atoms with van der Waals surface area (Å²) in [6, 6.07) is 0. The van der Waals surface area contributed by atoms with Gasteiger partial charge in [-0.15, -0.1) is 0 Å². The highest BCUT2D eigenvalue weighted by Crippen LogP contribution is 2.24. The molecule has 5 heteroatoms. The highest BCUT2D eigenvalue weighted by atomic mass is 16.9. The average Bonchev–Trinajstić information content (AvgIpc) is 3.45. The molecule has 5 nitrogen and oxygen atoms in total. The second-order valence-corrected chi connectivity index (χ2v) is 6.96. The fraction of sp³-hybridized carbons (Fsp3) is 1.00. The number of epoxide rings is 1. The van der Waals surface area contributed by atoms with Crippen LogP contribution in [0.5, 0.6) is 0 Å². The van der Waals surface area contributed by atoms with Gasteiger partial charge >= 0.3 is 0 Å². The van der Waals surface area contributed by atoms with Gasteiger partial charge in [0.2, 0.25) is 0 Å². The Kier molecular flexibility index (Phi) is 13.6. The van der Waals surface area contributed by atoms with Gasteiger partial charge in [0.25, 0.3) is 5.97 Å². The van der Waals surface area contributed by atoms with Gasteiger partial charge in [0.05, 0.1) is 19.3 Å². The summed E-state index contributed by atoms with van der Waals surface area (Å²) in [5.74, 6) is -0.838. The van der Waals surface area contributed by atoms with E-state index in [4.69, 9.17) is 23.7 Å². The van der Waals surface area contributed by atoms with Crippen molar-refractivity contribution in [3.05, 3.63) is 0 Å². The van der Waals surface area contributed by atoms with Crippen molar-refractivity contribution in [3.8, 4) is 0 Å². The lowest BCUT2D eigenvalue weighted by Crippen LogP contribution is -2.39. The summed E-state index contributed by atoms with van der Waals surface area (Å²) in [5.41, 5.74) is 0. The molecule has 1 saturated heterocycles. The fourth-order valence-electron chi connectivity index (χ4n) is 3.23. The van der Waals surface area contributed by atoms with Crippen molar-refractivity contribution in [2.45, 2.75) is 104 Å². The number of ether oxygens (including phenoxy) is 5. The van der Waals surface area contributed by atoms with Crippen molar-refractivity contribution >= 4 is 0 Å². The van der Waals surface area contributed by atoms with E-state index in [2.05, 4.69) is 6.92 Å². The van der Waals surface area contributed by atoms with Crippen molar-refractivity contribution in [1.82, 2.24) is 0 Å². The Labute approximate surface area is 161 Å². The summed E-state index contributed by atoms with van der Waals surface area (Å²) in [5, 5.41) is 0. The van der Waals surface area contributed by atoms with Gasteiger partial charge in [-0.1, -0.05) is 39.0 Å². The van der Waals surface area contributed by atoms with Gasteiger partial charge in [0.15, 0.2) is 0 Å². The monoisotopic (exact) mass is 374 g/mol. The van der Waals surface area contributed by atoms with Crippen LogP contribution in [0.4, 0.5) is 0 Å². The smallest absolute Gasteiger partial charge is 0.282 e. The average molecular weight is 375 g/mol. The summed E-state index contributed by atoms with van der Waals surface area (Å²) < 4.78 is 28.4. The number of unbranched alkanes of at least 4 members (excludes halogenated alkanes) is 5. The highest BCUT2D eigenvalue weighted by Gasteiger charge is 2.31. The predicted octanol–water partition coefficient (Wildman–Crippen LogP) is 5.06. The van der Waals surface area contributed by atoms with Crippen LogP contribution in [0.15, 0.2) is 0 Å². The second kappa shape index (κ2) is 14.8. The van der Waals surface area contributed by atoms with Crippen molar-refractivity contribution in [1.29, 1.82) is 0 Å². The third-order valence-electron chi connectivity index (χ3n) is 4.73. The maximum atomic E-state index is 5.90. The Hall–Kier alpha value is -0.200. The Bertz CT molecular complexity index is 303. The van der Waals surface area contributed by atoms with E-state index in [1.807, 2.05) is 20.8 Å². The van der Waals surface area contributed by atoms with Crippen LogP contribution in [0.3, 0.4) is 0 Å². The van der Waals surface area contributed by atoms with Gasteiger partial charge in [0.1, 0.15) is 6.10 Å². The molecule has 1 heterocycles. The minimum Gasteiger partial charge on any atom is -0.375 e. The van der Waals surface area contributed by atoms with Gasteiger partial charge in [-0.25, -0.2) is 0 Å². The summed E-state index contributed by atoms with van der Waals surface area (Å²) in [7, 11) is 0. The first-order valence-corrected chi connectivity index (χ1v) is 10.8. The molecule has 1 aliphatic rings. The molecule has 0 aromatic carbocycles.